The average molecular weight is 494 g/mol. The first-order chi connectivity index (χ1) is 18.0. The van der Waals surface area contributed by atoms with Gasteiger partial charge in [-0.05, 0) is 62.1 Å². The minimum Gasteiger partial charge on any atom is -0.368 e. The van der Waals surface area contributed by atoms with Crippen molar-refractivity contribution in [2.24, 2.45) is 0 Å². The van der Waals surface area contributed by atoms with Gasteiger partial charge in [0, 0.05) is 62.6 Å². The molecule has 190 valence electrons. The molecule has 0 bridgehead atoms. The number of anilines is 2. The van der Waals surface area contributed by atoms with Crippen LogP contribution in [0.4, 0.5) is 11.5 Å². The number of hydrogen-bond donors (Lipinski definition) is 0. The minimum absolute atomic E-state index is 0.0366. The fourth-order valence-electron chi connectivity index (χ4n) is 6.01. The third-order valence-electron chi connectivity index (χ3n) is 8.25. The zero-order chi connectivity index (χ0) is 25.5. The summed E-state index contributed by atoms with van der Waals surface area (Å²) in [6.45, 7) is 12.2. The van der Waals surface area contributed by atoms with Gasteiger partial charge in [0.2, 0.25) is 0 Å². The van der Waals surface area contributed by atoms with E-state index in [-0.39, 0.29) is 5.91 Å². The highest BCUT2D eigenvalue weighted by Crippen LogP contribution is 2.35. The number of rotatable bonds is 4. The van der Waals surface area contributed by atoms with Gasteiger partial charge in [0.05, 0.1) is 5.52 Å². The molecule has 0 aliphatic carbocycles. The number of amides is 1. The standard InChI is InChI=1S/C31H35N5O/c1-4-36-23(3)22(2)27-20-28(31(37)34-18-16-33(17-19-34)26-12-6-5-7-13-26)32-30(29(27)36)35-15-14-24-10-8-9-11-25(24)21-35/h5-13,20H,4,14-19,21H2,1-3H3. The second-order valence-electron chi connectivity index (χ2n) is 10.2. The van der Waals surface area contributed by atoms with Gasteiger partial charge in [0.15, 0.2) is 5.82 Å². The zero-order valence-corrected chi connectivity index (χ0v) is 22.1. The Labute approximate surface area is 219 Å². The summed E-state index contributed by atoms with van der Waals surface area (Å²) in [6.07, 6.45) is 0.990. The first-order valence-electron chi connectivity index (χ1n) is 13.5. The van der Waals surface area contributed by atoms with Crippen LogP contribution in [-0.4, -0.2) is 53.1 Å². The Morgan fingerprint density at radius 1 is 0.865 bits per heavy atom. The van der Waals surface area contributed by atoms with E-state index in [1.54, 1.807) is 0 Å². The molecular formula is C31H35N5O. The summed E-state index contributed by atoms with van der Waals surface area (Å²) in [5.41, 5.74) is 8.18. The summed E-state index contributed by atoms with van der Waals surface area (Å²) in [6, 6.07) is 21.2. The largest absolute Gasteiger partial charge is 0.368 e. The number of fused-ring (bicyclic) bond motifs is 2. The summed E-state index contributed by atoms with van der Waals surface area (Å²) in [5.74, 6) is 0.978. The van der Waals surface area contributed by atoms with E-state index in [0.29, 0.717) is 18.8 Å². The molecule has 1 saturated heterocycles. The first-order valence-corrected chi connectivity index (χ1v) is 13.5. The van der Waals surface area contributed by atoms with E-state index >= 15 is 0 Å². The number of carbonyl (C=O) groups is 1. The monoisotopic (exact) mass is 493 g/mol. The van der Waals surface area contributed by atoms with Gasteiger partial charge in [-0.1, -0.05) is 42.5 Å². The Morgan fingerprint density at radius 3 is 2.30 bits per heavy atom. The molecule has 0 spiro atoms. The van der Waals surface area contributed by atoms with Crippen LogP contribution in [0.2, 0.25) is 0 Å². The lowest BCUT2D eigenvalue weighted by Crippen LogP contribution is -2.49. The van der Waals surface area contributed by atoms with Gasteiger partial charge in [-0.15, -0.1) is 0 Å². The molecule has 6 heteroatoms. The molecule has 4 aromatic rings. The molecule has 0 saturated carbocycles. The predicted molar refractivity (Wildman–Crippen MR) is 151 cm³/mol. The van der Waals surface area contributed by atoms with Crippen molar-refractivity contribution >= 4 is 28.3 Å². The number of pyridine rings is 1. The Hall–Kier alpha value is -3.80. The van der Waals surface area contributed by atoms with Crippen molar-refractivity contribution in [1.29, 1.82) is 0 Å². The summed E-state index contributed by atoms with van der Waals surface area (Å²) in [4.78, 5) is 25.6. The van der Waals surface area contributed by atoms with Crippen LogP contribution in [0.1, 0.15) is 39.8 Å². The van der Waals surface area contributed by atoms with Gasteiger partial charge in [0.25, 0.3) is 5.91 Å². The molecule has 4 heterocycles. The lowest BCUT2D eigenvalue weighted by molar-refractivity contribution is 0.0741. The predicted octanol–water partition coefficient (Wildman–Crippen LogP) is 5.20. The van der Waals surface area contributed by atoms with Crippen molar-refractivity contribution < 1.29 is 4.79 Å². The molecule has 0 radical (unpaired) electrons. The normalized spacial score (nSPS) is 15.8. The molecule has 0 atom stereocenters. The van der Waals surface area contributed by atoms with Crippen LogP contribution in [0, 0.1) is 13.8 Å². The number of nitrogens with zero attached hydrogens (tertiary/aromatic N) is 5. The third-order valence-corrected chi connectivity index (χ3v) is 8.25. The van der Waals surface area contributed by atoms with Crippen molar-refractivity contribution in [3.63, 3.8) is 0 Å². The highest BCUT2D eigenvalue weighted by atomic mass is 16.2. The van der Waals surface area contributed by atoms with Crippen LogP contribution < -0.4 is 9.80 Å². The number of aryl methyl sites for hydroxylation is 2. The average Bonchev–Trinajstić information content (AvgIpc) is 3.21. The number of carbonyl (C=O) groups excluding carboxylic acids is 1. The Balaban J connectivity index is 1.35. The van der Waals surface area contributed by atoms with Crippen molar-refractivity contribution in [2.45, 2.75) is 40.3 Å². The number of para-hydroxylation sites is 1. The summed E-state index contributed by atoms with van der Waals surface area (Å²) < 4.78 is 2.36. The molecule has 6 rings (SSSR count). The molecule has 0 N–H and O–H groups in total. The van der Waals surface area contributed by atoms with Crippen LogP contribution in [-0.2, 0) is 19.5 Å². The molecule has 2 aliphatic rings. The van der Waals surface area contributed by atoms with E-state index in [4.69, 9.17) is 4.98 Å². The Kier molecular flexibility index (Phi) is 6.11. The highest BCUT2D eigenvalue weighted by Gasteiger charge is 2.28. The van der Waals surface area contributed by atoms with Crippen LogP contribution >= 0.6 is 0 Å². The quantitative estimate of drug-likeness (QED) is 0.392. The lowest BCUT2D eigenvalue weighted by atomic mass is 10.00. The summed E-state index contributed by atoms with van der Waals surface area (Å²) in [7, 11) is 0. The molecule has 0 unspecified atom stereocenters. The smallest absolute Gasteiger partial charge is 0.272 e. The van der Waals surface area contributed by atoms with Gasteiger partial charge in [-0.25, -0.2) is 4.98 Å². The van der Waals surface area contributed by atoms with E-state index in [1.165, 1.54) is 28.1 Å². The second kappa shape index (κ2) is 9.58. The molecule has 1 fully saturated rings. The van der Waals surface area contributed by atoms with Gasteiger partial charge in [-0.3, -0.25) is 4.79 Å². The third kappa shape index (κ3) is 4.14. The fourth-order valence-corrected chi connectivity index (χ4v) is 6.01. The van der Waals surface area contributed by atoms with Gasteiger partial charge in [-0.2, -0.15) is 0 Å². The fraction of sp³-hybridized carbons (Fsp3) is 0.355. The summed E-state index contributed by atoms with van der Waals surface area (Å²) >= 11 is 0. The van der Waals surface area contributed by atoms with Crippen LogP contribution in [0.3, 0.4) is 0 Å². The van der Waals surface area contributed by atoms with E-state index in [2.05, 4.69) is 83.7 Å². The molecule has 2 aliphatic heterocycles. The van der Waals surface area contributed by atoms with Crippen molar-refractivity contribution in [1.82, 2.24) is 14.5 Å². The second-order valence-corrected chi connectivity index (χ2v) is 10.2. The first kappa shape index (κ1) is 23.6. The number of piperazine rings is 1. The number of aromatic nitrogens is 2. The minimum atomic E-state index is 0.0366. The summed E-state index contributed by atoms with van der Waals surface area (Å²) in [5, 5.41) is 1.15. The number of hydrogen-bond acceptors (Lipinski definition) is 4. The van der Waals surface area contributed by atoms with E-state index in [0.717, 1.165) is 55.9 Å². The van der Waals surface area contributed by atoms with Crippen LogP contribution in [0.25, 0.3) is 10.9 Å². The highest BCUT2D eigenvalue weighted by molar-refractivity contribution is 6.01. The van der Waals surface area contributed by atoms with E-state index < -0.39 is 0 Å². The Morgan fingerprint density at radius 2 is 1.57 bits per heavy atom. The molecule has 2 aromatic carbocycles. The van der Waals surface area contributed by atoms with Crippen molar-refractivity contribution in [3.8, 4) is 0 Å². The van der Waals surface area contributed by atoms with Crippen molar-refractivity contribution in [2.75, 3.05) is 42.5 Å². The molecule has 2 aromatic heterocycles. The van der Waals surface area contributed by atoms with Crippen LogP contribution in [0.15, 0.2) is 60.7 Å². The van der Waals surface area contributed by atoms with E-state index in [1.807, 2.05) is 17.0 Å². The van der Waals surface area contributed by atoms with Gasteiger partial charge in [0.1, 0.15) is 5.69 Å². The van der Waals surface area contributed by atoms with Gasteiger partial charge >= 0.3 is 0 Å². The van der Waals surface area contributed by atoms with Crippen molar-refractivity contribution in [3.05, 3.63) is 88.7 Å². The maximum Gasteiger partial charge on any atom is 0.272 e. The van der Waals surface area contributed by atoms with E-state index in [9.17, 15) is 4.79 Å². The number of benzene rings is 2. The lowest BCUT2D eigenvalue weighted by Gasteiger charge is -2.36. The Bertz CT molecular complexity index is 1450. The topological polar surface area (TPSA) is 44.6 Å². The molecule has 1 amide bonds. The zero-order valence-electron chi connectivity index (χ0n) is 22.1. The van der Waals surface area contributed by atoms with Crippen LogP contribution in [0.5, 0.6) is 0 Å². The maximum atomic E-state index is 13.8. The maximum absolute atomic E-state index is 13.8. The van der Waals surface area contributed by atoms with Gasteiger partial charge < -0.3 is 19.3 Å². The molecular weight excluding hydrogens is 458 g/mol. The molecule has 37 heavy (non-hydrogen) atoms. The molecule has 6 nitrogen and oxygen atoms in total. The SMILES string of the molecule is CCn1c(C)c(C)c2cc(C(=O)N3CCN(c4ccccc4)CC3)nc(N3CCc4ccccc4C3)c21.